The highest BCUT2D eigenvalue weighted by molar-refractivity contribution is 5.33. The summed E-state index contributed by atoms with van der Waals surface area (Å²) in [6.07, 6.45) is 3.68. The van der Waals surface area contributed by atoms with Crippen LogP contribution in [-0.2, 0) is 6.54 Å². The summed E-state index contributed by atoms with van der Waals surface area (Å²) < 4.78 is 8.17. The van der Waals surface area contributed by atoms with E-state index in [9.17, 15) is 5.11 Å². The molecule has 1 saturated heterocycles. The topological polar surface area (TPSA) is 76.3 Å². The Hall–Kier alpha value is -2.15. The highest BCUT2D eigenvalue weighted by Crippen LogP contribution is 2.39. The smallest absolute Gasteiger partial charge is 0.223 e. The summed E-state index contributed by atoms with van der Waals surface area (Å²) in [4.78, 5) is 11.3. The summed E-state index contributed by atoms with van der Waals surface area (Å²) in [5.41, 5.74) is 1.86. The van der Waals surface area contributed by atoms with Crippen LogP contribution in [0.2, 0.25) is 0 Å². The minimum atomic E-state index is -0.444. The molecule has 27 heavy (non-hydrogen) atoms. The highest BCUT2D eigenvalue weighted by atomic mass is 16.5. The van der Waals surface area contributed by atoms with Gasteiger partial charge in [0.25, 0.3) is 0 Å². The van der Waals surface area contributed by atoms with Crippen molar-refractivity contribution < 1.29 is 9.84 Å². The number of ether oxygens (including phenoxy) is 1. The average Bonchev–Trinajstić information content (AvgIpc) is 3.24. The van der Waals surface area contributed by atoms with Crippen molar-refractivity contribution >= 4 is 5.95 Å². The van der Waals surface area contributed by atoms with E-state index < -0.39 is 6.10 Å². The maximum Gasteiger partial charge on any atom is 0.223 e. The van der Waals surface area contributed by atoms with Crippen molar-refractivity contribution in [3.05, 3.63) is 29.8 Å². The molecule has 1 aliphatic heterocycles. The van der Waals surface area contributed by atoms with Crippen LogP contribution in [-0.4, -0.2) is 50.2 Å². The minimum absolute atomic E-state index is 0.178. The molecule has 2 aliphatic rings. The number of aromatic nitrogens is 4. The van der Waals surface area contributed by atoms with Crippen LogP contribution in [0.15, 0.2) is 18.5 Å². The number of aliphatic hydroxyl groups is 1. The van der Waals surface area contributed by atoms with Gasteiger partial charge in [-0.2, -0.15) is 10.1 Å². The summed E-state index contributed by atoms with van der Waals surface area (Å²) in [6, 6.07) is 3.92. The van der Waals surface area contributed by atoms with E-state index in [4.69, 9.17) is 4.74 Å². The van der Waals surface area contributed by atoms with Gasteiger partial charge < -0.3 is 14.7 Å². The molecular formula is C20H29N5O2. The second-order valence-corrected chi connectivity index (χ2v) is 7.94. The van der Waals surface area contributed by atoms with Crippen LogP contribution < -0.4 is 9.64 Å². The van der Waals surface area contributed by atoms with Crippen molar-refractivity contribution in [1.82, 2.24) is 19.7 Å². The number of aliphatic hydroxyl groups excluding tert-OH is 1. The standard InChI is InChI=1S/C20H29N5O2/c1-4-7-25-20(21-12-22-25)24-10-15-8-17(26)19(9-16(15)11-24)27-18-6-5-13(2)23-14(18)3/h5-6,12,15-17,19,26H,4,7-11H2,1-3H3/t15-,16+,17+,19+/m0/s1. The molecule has 7 heteroatoms. The molecule has 4 atom stereocenters. The first-order chi connectivity index (χ1) is 13.0. The lowest BCUT2D eigenvalue weighted by Crippen LogP contribution is -2.42. The lowest BCUT2D eigenvalue weighted by Gasteiger charge is -2.35. The fraction of sp³-hybridized carbons (Fsp3) is 0.650. The molecule has 2 aromatic heterocycles. The predicted molar refractivity (Wildman–Crippen MR) is 103 cm³/mol. The molecule has 4 rings (SSSR count). The third kappa shape index (κ3) is 3.65. The zero-order valence-corrected chi connectivity index (χ0v) is 16.4. The summed E-state index contributed by atoms with van der Waals surface area (Å²) in [6.45, 7) is 8.84. The van der Waals surface area contributed by atoms with E-state index in [-0.39, 0.29) is 6.10 Å². The van der Waals surface area contributed by atoms with Crippen LogP contribution in [0.25, 0.3) is 0 Å². The maximum atomic E-state index is 10.7. The van der Waals surface area contributed by atoms with Crippen LogP contribution in [0.5, 0.6) is 5.75 Å². The van der Waals surface area contributed by atoms with Gasteiger partial charge in [0.15, 0.2) is 0 Å². The van der Waals surface area contributed by atoms with E-state index in [1.54, 1.807) is 6.33 Å². The predicted octanol–water partition coefficient (Wildman–Crippen LogP) is 2.35. The second-order valence-electron chi connectivity index (χ2n) is 7.94. The van der Waals surface area contributed by atoms with Crippen LogP contribution in [0.1, 0.15) is 37.6 Å². The Kier molecular flexibility index (Phi) is 5.04. The zero-order chi connectivity index (χ0) is 19.0. The van der Waals surface area contributed by atoms with Gasteiger partial charge in [0.05, 0.1) is 11.8 Å². The normalized spacial score (nSPS) is 27.6. The molecule has 7 nitrogen and oxygen atoms in total. The van der Waals surface area contributed by atoms with Crippen LogP contribution in [0.3, 0.4) is 0 Å². The van der Waals surface area contributed by atoms with Crippen LogP contribution >= 0.6 is 0 Å². The summed E-state index contributed by atoms with van der Waals surface area (Å²) in [5.74, 6) is 2.71. The summed E-state index contributed by atoms with van der Waals surface area (Å²) >= 11 is 0. The molecule has 1 saturated carbocycles. The molecule has 0 aromatic carbocycles. The second kappa shape index (κ2) is 7.46. The van der Waals surface area contributed by atoms with Gasteiger partial charge in [-0.1, -0.05) is 6.92 Å². The van der Waals surface area contributed by atoms with E-state index >= 15 is 0 Å². The Morgan fingerprint density at radius 1 is 1.19 bits per heavy atom. The first-order valence-corrected chi connectivity index (χ1v) is 9.97. The number of hydrogen-bond donors (Lipinski definition) is 1. The van der Waals surface area contributed by atoms with E-state index in [2.05, 4.69) is 26.9 Å². The van der Waals surface area contributed by atoms with Crippen molar-refractivity contribution in [1.29, 1.82) is 0 Å². The molecule has 2 aromatic rings. The SMILES string of the molecule is CCCn1ncnc1N1C[C@H]2C[C@@H](Oc3ccc(C)nc3C)[C@H](O)C[C@H]2C1. The number of hydrogen-bond acceptors (Lipinski definition) is 6. The van der Waals surface area contributed by atoms with Gasteiger partial charge in [0, 0.05) is 25.3 Å². The number of rotatable bonds is 5. The van der Waals surface area contributed by atoms with Crippen molar-refractivity contribution in [2.24, 2.45) is 11.8 Å². The Labute approximate surface area is 160 Å². The number of pyridine rings is 1. The Bertz CT molecular complexity index is 792. The molecule has 146 valence electrons. The lowest BCUT2D eigenvalue weighted by atomic mass is 9.78. The van der Waals surface area contributed by atoms with E-state index in [0.717, 1.165) is 62.0 Å². The third-order valence-electron chi connectivity index (χ3n) is 5.85. The van der Waals surface area contributed by atoms with E-state index in [1.165, 1.54) is 0 Å². The van der Waals surface area contributed by atoms with Crippen molar-refractivity contribution in [3.63, 3.8) is 0 Å². The third-order valence-corrected chi connectivity index (χ3v) is 5.85. The monoisotopic (exact) mass is 371 g/mol. The van der Waals surface area contributed by atoms with Gasteiger partial charge in [0.2, 0.25) is 5.95 Å². The van der Waals surface area contributed by atoms with Gasteiger partial charge in [-0.15, -0.1) is 0 Å². The van der Waals surface area contributed by atoms with E-state index in [0.29, 0.717) is 11.8 Å². The van der Waals surface area contributed by atoms with Crippen LogP contribution in [0.4, 0.5) is 5.95 Å². The van der Waals surface area contributed by atoms with E-state index in [1.807, 2.05) is 30.7 Å². The van der Waals surface area contributed by atoms with Crippen molar-refractivity contribution in [3.8, 4) is 5.75 Å². The molecule has 3 heterocycles. The Morgan fingerprint density at radius 2 is 1.96 bits per heavy atom. The molecule has 2 fully saturated rings. The zero-order valence-electron chi connectivity index (χ0n) is 16.4. The first-order valence-electron chi connectivity index (χ1n) is 9.97. The highest BCUT2D eigenvalue weighted by Gasteiger charge is 2.43. The lowest BCUT2D eigenvalue weighted by molar-refractivity contribution is -0.0236. The molecule has 0 radical (unpaired) electrons. The molecule has 1 aliphatic carbocycles. The average molecular weight is 371 g/mol. The molecule has 1 N–H and O–H groups in total. The number of fused-ring (bicyclic) bond motifs is 1. The maximum absolute atomic E-state index is 10.7. The minimum Gasteiger partial charge on any atom is -0.486 e. The summed E-state index contributed by atoms with van der Waals surface area (Å²) in [5, 5.41) is 15.0. The fourth-order valence-corrected chi connectivity index (χ4v) is 4.51. The molecule has 0 spiro atoms. The first kappa shape index (κ1) is 18.2. The summed E-state index contributed by atoms with van der Waals surface area (Å²) in [7, 11) is 0. The van der Waals surface area contributed by atoms with Crippen LogP contribution in [0, 0.1) is 25.7 Å². The quantitative estimate of drug-likeness (QED) is 0.869. The van der Waals surface area contributed by atoms with Gasteiger partial charge in [-0.05, 0) is 57.1 Å². The van der Waals surface area contributed by atoms with Gasteiger partial charge in [0.1, 0.15) is 18.2 Å². The van der Waals surface area contributed by atoms with Gasteiger partial charge >= 0.3 is 0 Å². The largest absolute Gasteiger partial charge is 0.486 e. The Morgan fingerprint density at radius 3 is 2.70 bits per heavy atom. The fourth-order valence-electron chi connectivity index (χ4n) is 4.51. The molecule has 0 amide bonds. The molecular weight excluding hydrogens is 342 g/mol. The Balaban J connectivity index is 1.45. The number of nitrogens with zero attached hydrogens (tertiary/aromatic N) is 5. The van der Waals surface area contributed by atoms with Gasteiger partial charge in [-0.25, -0.2) is 4.68 Å². The van der Waals surface area contributed by atoms with Crippen molar-refractivity contribution in [2.75, 3.05) is 18.0 Å². The van der Waals surface area contributed by atoms with Crippen molar-refractivity contribution in [2.45, 2.75) is 58.8 Å². The van der Waals surface area contributed by atoms with Gasteiger partial charge in [-0.3, -0.25) is 4.98 Å². The molecule has 0 bridgehead atoms. The number of aryl methyl sites for hydroxylation is 3. The molecule has 0 unspecified atom stereocenters. The number of anilines is 1.